The van der Waals surface area contributed by atoms with Crippen molar-refractivity contribution in [3.63, 3.8) is 0 Å². The fourth-order valence-electron chi connectivity index (χ4n) is 3.24. The number of likely N-dealkylation sites (tertiary alicyclic amines) is 1. The van der Waals surface area contributed by atoms with Crippen LogP contribution in [0, 0.1) is 6.92 Å². The van der Waals surface area contributed by atoms with Gasteiger partial charge in [0.25, 0.3) is 0 Å². The van der Waals surface area contributed by atoms with Crippen LogP contribution in [0.3, 0.4) is 0 Å². The number of benzene rings is 1. The van der Waals surface area contributed by atoms with Gasteiger partial charge in [0.2, 0.25) is 0 Å². The molecule has 2 N–H and O–H groups in total. The summed E-state index contributed by atoms with van der Waals surface area (Å²) in [6.07, 6.45) is 4.72. The number of aryl methyl sites for hydroxylation is 1. The predicted octanol–water partition coefficient (Wildman–Crippen LogP) is 3.18. The molecule has 2 rings (SSSR count). The molecule has 28 heavy (non-hydrogen) atoms. The number of nitrogens with one attached hydrogen (secondary N) is 2. The summed E-state index contributed by atoms with van der Waals surface area (Å²) in [5.74, 6) is 1.77. The Bertz CT molecular complexity index is 578. The first-order valence-corrected chi connectivity index (χ1v) is 10.1. The van der Waals surface area contributed by atoms with Crippen LogP contribution in [0.15, 0.2) is 23.2 Å². The Morgan fingerprint density at radius 3 is 2.64 bits per heavy atom. The number of ether oxygens (including phenoxy) is 2. The zero-order chi connectivity index (χ0) is 19.3. The Labute approximate surface area is 187 Å². The molecule has 6 nitrogen and oxygen atoms in total. The van der Waals surface area contributed by atoms with Crippen molar-refractivity contribution in [2.24, 2.45) is 4.99 Å². The second kappa shape index (κ2) is 14.9. The third-order valence-corrected chi connectivity index (χ3v) is 4.79. The summed E-state index contributed by atoms with van der Waals surface area (Å²) in [4.78, 5) is 6.87. The van der Waals surface area contributed by atoms with E-state index in [4.69, 9.17) is 9.47 Å². The van der Waals surface area contributed by atoms with Gasteiger partial charge in [0.15, 0.2) is 5.96 Å². The van der Waals surface area contributed by atoms with Gasteiger partial charge in [-0.05, 0) is 57.5 Å². The third kappa shape index (κ3) is 9.43. The number of halogens is 1. The molecule has 0 radical (unpaired) electrons. The van der Waals surface area contributed by atoms with E-state index >= 15 is 0 Å². The lowest BCUT2D eigenvalue weighted by Crippen LogP contribution is -2.38. The van der Waals surface area contributed by atoms with Crippen molar-refractivity contribution >= 4 is 29.9 Å². The molecule has 1 aliphatic heterocycles. The molecule has 1 aromatic rings. The molecule has 160 valence electrons. The van der Waals surface area contributed by atoms with Crippen molar-refractivity contribution < 1.29 is 9.47 Å². The predicted molar refractivity (Wildman–Crippen MR) is 127 cm³/mol. The molecule has 0 amide bonds. The highest BCUT2D eigenvalue weighted by Crippen LogP contribution is 2.20. The minimum Gasteiger partial charge on any atom is -0.493 e. The Kier molecular flexibility index (Phi) is 13.3. The monoisotopic (exact) mass is 504 g/mol. The van der Waals surface area contributed by atoms with Crippen LogP contribution in [-0.4, -0.2) is 64.4 Å². The lowest BCUT2D eigenvalue weighted by molar-refractivity contribution is 0.172. The second-order valence-electron chi connectivity index (χ2n) is 7.06. The summed E-state index contributed by atoms with van der Waals surface area (Å²) in [5, 5.41) is 6.81. The van der Waals surface area contributed by atoms with Crippen LogP contribution in [-0.2, 0) is 11.3 Å². The molecule has 1 heterocycles. The molecule has 0 bridgehead atoms. The van der Waals surface area contributed by atoms with Gasteiger partial charge in [0, 0.05) is 45.8 Å². The van der Waals surface area contributed by atoms with Crippen molar-refractivity contribution in [1.29, 1.82) is 0 Å². The first kappa shape index (κ1) is 25.0. The Morgan fingerprint density at radius 1 is 1.14 bits per heavy atom. The quantitative estimate of drug-likeness (QED) is 0.210. The molecule has 0 unspecified atom stereocenters. The first-order chi connectivity index (χ1) is 13.2. The molecule has 0 saturated carbocycles. The molecule has 1 saturated heterocycles. The normalized spacial score (nSPS) is 14.6. The zero-order valence-corrected chi connectivity index (χ0v) is 20.0. The van der Waals surface area contributed by atoms with Gasteiger partial charge in [-0.1, -0.05) is 12.1 Å². The number of aliphatic imine (C=N–C) groups is 1. The van der Waals surface area contributed by atoms with Crippen LogP contribution in [0.25, 0.3) is 0 Å². The van der Waals surface area contributed by atoms with Gasteiger partial charge in [-0.15, -0.1) is 24.0 Å². The van der Waals surface area contributed by atoms with E-state index in [1.807, 2.05) is 7.05 Å². The molecule has 0 spiro atoms. The minimum absolute atomic E-state index is 0. The van der Waals surface area contributed by atoms with Crippen LogP contribution in [0.4, 0.5) is 0 Å². The summed E-state index contributed by atoms with van der Waals surface area (Å²) in [5.41, 5.74) is 2.34. The van der Waals surface area contributed by atoms with Gasteiger partial charge < -0.3 is 25.0 Å². The van der Waals surface area contributed by atoms with E-state index < -0.39 is 0 Å². The molecule has 7 heteroatoms. The van der Waals surface area contributed by atoms with E-state index in [1.54, 1.807) is 7.11 Å². The van der Waals surface area contributed by atoms with Crippen LogP contribution < -0.4 is 15.4 Å². The molecule has 0 aliphatic carbocycles. The fourth-order valence-corrected chi connectivity index (χ4v) is 3.24. The van der Waals surface area contributed by atoms with E-state index in [0.717, 1.165) is 36.7 Å². The highest BCUT2D eigenvalue weighted by Gasteiger charge is 2.10. The third-order valence-electron chi connectivity index (χ3n) is 4.79. The van der Waals surface area contributed by atoms with Gasteiger partial charge in [-0.3, -0.25) is 4.99 Å². The first-order valence-electron chi connectivity index (χ1n) is 10.1. The smallest absolute Gasteiger partial charge is 0.191 e. The van der Waals surface area contributed by atoms with Crippen molar-refractivity contribution in [3.8, 4) is 5.75 Å². The maximum atomic E-state index is 5.96. The van der Waals surface area contributed by atoms with Gasteiger partial charge in [0.05, 0.1) is 6.61 Å². The summed E-state index contributed by atoms with van der Waals surface area (Å²) in [6.45, 7) is 8.76. The summed E-state index contributed by atoms with van der Waals surface area (Å²) in [6, 6.07) is 6.33. The Balaban J connectivity index is 0.00000392. The number of guanidine groups is 1. The number of methoxy groups -OCH3 is 1. The molecule has 0 aromatic heterocycles. The van der Waals surface area contributed by atoms with Crippen molar-refractivity contribution in [3.05, 3.63) is 29.3 Å². The number of nitrogens with zero attached hydrogens (tertiary/aromatic N) is 2. The van der Waals surface area contributed by atoms with E-state index in [9.17, 15) is 0 Å². The average molecular weight is 504 g/mol. The van der Waals surface area contributed by atoms with E-state index in [2.05, 4.69) is 45.6 Å². The van der Waals surface area contributed by atoms with Crippen LogP contribution in [0.1, 0.15) is 36.8 Å². The summed E-state index contributed by atoms with van der Waals surface area (Å²) in [7, 11) is 3.53. The molecule has 1 aromatic carbocycles. The zero-order valence-electron chi connectivity index (χ0n) is 17.6. The minimum atomic E-state index is 0. The SMILES string of the molecule is CN=C(NCCCN1CCCC1)NCc1ccc(C)cc1OCCCOC.I. The molecular formula is C21H37IN4O2. The van der Waals surface area contributed by atoms with E-state index in [1.165, 1.54) is 38.0 Å². The molecular weight excluding hydrogens is 467 g/mol. The van der Waals surface area contributed by atoms with Gasteiger partial charge in [-0.25, -0.2) is 0 Å². The molecule has 0 atom stereocenters. The fraction of sp³-hybridized carbons (Fsp3) is 0.667. The summed E-state index contributed by atoms with van der Waals surface area (Å²) >= 11 is 0. The topological polar surface area (TPSA) is 58.1 Å². The van der Waals surface area contributed by atoms with E-state index in [0.29, 0.717) is 19.8 Å². The Morgan fingerprint density at radius 2 is 1.93 bits per heavy atom. The number of hydrogen-bond acceptors (Lipinski definition) is 4. The van der Waals surface area contributed by atoms with Gasteiger partial charge in [-0.2, -0.15) is 0 Å². The maximum absolute atomic E-state index is 5.96. The van der Waals surface area contributed by atoms with E-state index in [-0.39, 0.29) is 24.0 Å². The highest BCUT2D eigenvalue weighted by molar-refractivity contribution is 14.0. The average Bonchev–Trinajstić information content (AvgIpc) is 3.19. The second-order valence-corrected chi connectivity index (χ2v) is 7.06. The molecule has 1 fully saturated rings. The van der Waals surface area contributed by atoms with Crippen molar-refractivity contribution in [1.82, 2.24) is 15.5 Å². The van der Waals surface area contributed by atoms with Gasteiger partial charge in [0.1, 0.15) is 5.75 Å². The maximum Gasteiger partial charge on any atom is 0.191 e. The lowest BCUT2D eigenvalue weighted by atomic mass is 10.1. The van der Waals surface area contributed by atoms with Gasteiger partial charge >= 0.3 is 0 Å². The summed E-state index contributed by atoms with van der Waals surface area (Å²) < 4.78 is 11.0. The van der Waals surface area contributed by atoms with Crippen molar-refractivity contribution in [2.45, 2.75) is 39.2 Å². The highest BCUT2D eigenvalue weighted by atomic mass is 127. The molecule has 1 aliphatic rings. The largest absolute Gasteiger partial charge is 0.493 e. The Hall–Kier alpha value is -1.06. The number of hydrogen-bond donors (Lipinski definition) is 2. The number of rotatable bonds is 11. The van der Waals surface area contributed by atoms with Crippen LogP contribution in [0.5, 0.6) is 5.75 Å². The van der Waals surface area contributed by atoms with Crippen LogP contribution in [0.2, 0.25) is 0 Å². The van der Waals surface area contributed by atoms with Crippen LogP contribution >= 0.6 is 24.0 Å². The standard InChI is InChI=1S/C21H36N4O2.HI/c1-18-8-9-19(20(16-18)27-15-7-14-26-3)17-24-21(22-2)23-10-6-13-25-11-4-5-12-25;/h8-9,16H,4-7,10-15,17H2,1-3H3,(H2,22,23,24);1H. The lowest BCUT2D eigenvalue weighted by Gasteiger charge is -2.17. The van der Waals surface area contributed by atoms with Crippen molar-refractivity contribution in [2.75, 3.05) is 53.6 Å².